The van der Waals surface area contributed by atoms with Gasteiger partial charge in [0.15, 0.2) is 0 Å². The lowest BCUT2D eigenvalue weighted by Gasteiger charge is -2.13. The molecule has 0 fully saturated rings. The van der Waals surface area contributed by atoms with E-state index in [0.29, 0.717) is 11.4 Å². The second kappa shape index (κ2) is 7.45. The van der Waals surface area contributed by atoms with E-state index in [1.54, 1.807) is 18.2 Å². The molecule has 2 aromatic rings. The maximum absolute atomic E-state index is 12.0. The summed E-state index contributed by atoms with van der Waals surface area (Å²) in [6, 6.07) is 14.7. The lowest BCUT2D eigenvalue weighted by molar-refractivity contribution is -0.133. The normalized spacial score (nSPS) is 10.0. The van der Waals surface area contributed by atoms with Crippen LogP contribution in [0.15, 0.2) is 48.5 Å². The average molecular weight is 311 g/mol. The van der Waals surface area contributed by atoms with E-state index in [4.69, 9.17) is 0 Å². The number of aryl methyl sites for hydroxylation is 1. The van der Waals surface area contributed by atoms with Gasteiger partial charge in [-0.2, -0.15) is 0 Å². The molecule has 0 spiro atoms. The monoisotopic (exact) mass is 311 g/mol. The molecular formula is C18H21N3O2. The van der Waals surface area contributed by atoms with E-state index in [-0.39, 0.29) is 0 Å². The standard InChI is InChI=1S/C18H21N3O2/c1-4-13-7-5-6-8-16(13)20-18(23)17(22)19-14-9-11-15(12-10-14)21(2)3/h5-12H,4H2,1-3H3,(H,19,22)(H,20,23). The number of amides is 2. The van der Waals surface area contributed by atoms with Crippen molar-refractivity contribution in [1.29, 1.82) is 0 Å². The van der Waals surface area contributed by atoms with Crippen molar-refractivity contribution < 1.29 is 9.59 Å². The third-order valence-electron chi connectivity index (χ3n) is 3.49. The van der Waals surface area contributed by atoms with E-state index in [0.717, 1.165) is 17.7 Å². The molecule has 0 saturated carbocycles. The third kappa shape index (κ3) is 4.32. The largest absolute Gasteiger partial charge is 0.378 e. The first-order valence-electron chi connectivity index (χ1n) is 7.49. The SMILES string of the molecule is CCc1ccccc1NC(=O)C(=O)Nc1ccc(N(C)C)cc1. The predicted octanol–water partition coefficient (Wildman–Crippen LogP) is 2.89. The van der Waals surface area contributed by atoms with Gasteiger partial charge in [0, 0.05) is 31.2 Å². The summed E-state index contributed by atoms with van der Waals surface area (Å²) in [5.74, 6) is -1.36. The summed E-state index contributed by atoms with van der Waals surface area (Å²) in [4.78, 5) is 26.0. The fourth-order valence-corrected chi connectivity index (χ4v) is 2.16. The number of carbonyl (C=O) groups excluding carboxylic acids is 2. The van der Waals surface area contributed by atoms with Crippen molar-refractivity contribution in [3.63, 3.8) is 0 Å². The molecule has 2 amide bonds. The maximum atomic E-state index is 12.0. The van der Waals surface area contributed by atoms with Crippen LogP contribution >= 0.6 is 0 Å². The van der Waals surface area contributed by atoms with Crippen LogP contribution in [0.5, 0.6) is 0 Å². The van der Waals surface area contributed by atoms with E-state index in [1.807, 2.05) is 56.3 Å². The predicted molar refractivity (Wildman–Crippen MR) is 93.8 cm³/mol. The van der Waals surface area contributed by atoms with Crippen molar-refractivity contribution in [2.45, 2.75) is 13.3 Å². The minimum absolute atomic E-state index is 0.583. The number of hydrogen-bond acceptors (Lipinski definition) is 3. The Labute approximate surface area is 136 Å². The number of hydrogen-bond donors (Lipinski definition) is 2. The molecule has 0 unspecified atom stereocenters. The van der Waals surface area contributed by atoms with Crippen LogP contribution in [-0.4, -0.2) is 25.9 Å². The van der Waals surface area contributed by atoms with Gasteiger partial charge < -0.3 is 15.5 Å². The summed E-state index contributed by atoms with van der Waals surface area (Å²) >= 11 is 0. The Morgan fingerprint density at radius 1 is 0.913 bits per heavy atom. The third-order valence-corrected chi connectivity index (χ3v) is 3.49. The maximum Gasteiger partial charge on any atom is 0.314 e. The molecule has 0 aliphatic heterocycles. The van der Waals surface area contributed by atoms with Crippen LogP contribution in [-0.2, 0) is 16.0 Å². The summed E-state index contributed by atoms with van der Waals surface area (Å²) < 4.78 is 0. The molecule has 5 heteroatoms. The summed E-state index contributed by atoms with van der Waals surface area (Å²) in [7, 11) is 3.87. The Morgan fingerprint density at radius 2 is 1.52 bits per heavy atom. The number of para-hydroxylation sites is 1. The van der Waals surface area contributed by atoms with Gasteiger partial charge in [0.05, 0.1) is 0 Å². The molecule has 0 radical (unpaired) electrons. The molecule has 2 aromatic carbocycles. The van der Waals surface area contributed by atoms with Crippen molar-refractivity contribution in [3.8, 4) is 0 Å². The van der Waals surface area contributed by atoms with Crippen molar-refractivity contribution in [2.75, 3.05) is 29.6 Å². The van der Waals surface area contributed by atoms with Crippen molar-refractivity contribution in [1.82, 2.24) is 0 Å². The van der Waals surface area contributed by atoms with Gasteiger partial charge in [-0.15, -0.1) is 0 Å². The summed E-state index contributed by atoms with van der Waals surface area (Å²) in [6.45, 7) is 2.00. The highest BCUT2D eigenvalue weighted by Crippen LogP contribution is 2.17. The van der Waals surface area contributed by atoms with E-state index in [9.17, 15) is 9.59 Å². The fraction of sp³-hybridized carbons (Fsp3) is 0.222. The molecule has 23 heavy (non-hydrogen) atoms. The van der Waals surface area contributed by atoms with Crippen molar-refractivity contribution >= 4 is 28.9 Å². The molecule has 5 nitrogen and oxygen atoms in total. The minimum Gasteiger partial charge on any atom is -0.378 e. The van der Waals surface area contributed by atoms with Crippen LogP contribution in [0.25, 0.3) is 0 Å². The zero-order valence-corrected chi connectivity index (χ0v) is 13.6. The number of rotatable bonds is 4. The first-order valence-corrected chi connectivity index (χ1v) is 7.49. The Morgan fingerprint density at radius 3 is 2.13 bits per heavy atom. The van der Waals surface area contributed by atoms with Gasteiger partial charge in [0.1, 0.15) is 0 Å². The number of nitrogens with one attached hydrogen (secondary N) is 2. The van der Waals surface area contributed by atoms with E-state index >= 15 is 0 Å². The smallest absolute Gasteiger partial charge is 0.314 e. The number of anilines is 3. The molecule has 120 valence electrons. The molecule has 0 aromatic heterocycles. The second-order valence-corrected chi connectivity index (χ2v) is 5.36. The second-order valence-electron chi connectivity index (χ2n) is 5.36. The van der Waals surface area contributed by atoms with Crippen LogP contribution in [0.1, 0.15) is 12.5 Å². The van der Waals surface area contributed by atoms with Gasteiger partial charge in [-0.05, 0) is 42.3 Å². The number of nitrogens with zero attached hydrogens (tertiary/aromatic N) is 1. The Kier molecular flexibility index (Phi) is 5.36. The topological polar surface area (TPSA) is 61.4 Å². The molecule has 0 aliphatic rings. The van der Waals surface area contributed by atoms with Crippen LogP contribution < -0.4 is 15.5 Å². The van der Waals surface area contributed by atoms with Gasteiger partial charge in [-0.3, -0.25) is 9.59 Å². The van der Waals surface area contributed by atoms with Gasteiger partial charge in [0.2, 0.25) is 0 Å². The molecule has 0 bridgehead atoms. The molecule has 2 N–H and O–H groups in total. The highest BCUT2D eigenvalue weighted by molar-refractivity contribution is 6.43. The van der Waals surface area contributed by atoms with E-state index < -0.39 is 11.8 Å². The zero-order valence-electron chi connectivity index (χ0n) is 13.6. The summed E-state index contributed by atoms with van der Waals surface area (Å²) in [6.07, 6.45) is 0.782. The molecule has 0 saturated heterocycles. The molecule has 0 atom stereocenters. The van der Waals surface area contributed by atoms with Crippen molar-refractivity contribution in [2.24, 2.45) is 0 Å². The quantitative estimate of drug-likeness (QED) is 0.854. The lowest BCUT2D eigenvalue weighted by Crippen LogP contribution is -2.29. The number of benzene rings is 2. The first-order chi connectivity index (χ1) is 11.0. The summed E-state index contributed by atoms with van der Waals surface area (Å²) in [5.41, 5.74) is 3.26. The number of carbonyl (C=O) groups is 2. The first kappa shape index (κ1) is 16.5. The molecular weight excluding hydrogens is 290 g/mol. The average Bonchev–Trinajstić information content (AvgIpc) is 2.55. The van der Waals surface area contributed by atoms with Crippen LogP contribution in [0.3, 0.4) is 0 Å². The molecule has 0 aliphatic carbocycles. The van der Waals surface area contributed by atoms with Gasteiger partial charge in [-0.1, -0.05) is 25.1 Å². The zero-order chi connectivity index (χ0) is 16.8. The van der Waals surface area contributed by atoms with Gasteiger partial charge in [-0.25, -0.2) is 0 Å². The summed E-state index contributed by atoms with van der Waals surface area (Å²) in [5, 5.41) is 5.25. The Balaban J connectivity index is 2.01. The van der Waals surface area contributed by atoms with Crippen LogP contribution in [0, 0.1) is 0 Å². The highest BCUT2D eigenvalue weighted by Gasteiger charge is 2.15. The lowest BCUT2D eigenvalue weighted by atomic mass is 10.1. The van der Waals surface area contributed by atoms with Crippen LogP contribution in [0.2, 0.25) is 0 Å². The molecule has 0 heterocycles. The van der Waals surface area contributed by atoms with Crippen LogP contribution in [0.4, 0.5) is 17.1 Å². The van der Waals surface area contributed by atoms with Crippen molar-refractivity contribution in [3.05, 3.63) is 54.1 Å². The highest BCUT2D eigenvalue weighted by atomic mass is 16.2. The van der Waals surface area contributed by atoms with E-state index in [1.165, 1.54) is 0 Å². The van der Waals surface area contributed by atoms with Gasteiger partial charge >= 0.3 is 11.8 Å². The Hall–Kier alpha value is -2.82. The fourth-order valence-electron chi connectivity index (χ4n) is 2.16. The minimum atomic E-state index is -0.687. The Bertz CT molecular complexity index is 694. The molecule has 2 rings (SSSR count). The van der Waals surface area contributed by atoms with Gasteiger partial charge in [0.25, 0.3) is 0 Å². The van der Waals surface area contributed by atoms with E-state index in [2.05, 4.69) is 10.6 Å².